The van der Waals surface area contributed by atoms with Crippen molar-refractivity contribution in [3.63, 3.8) is 0 Å². The number of fused-ring (bicyclic) bond motifs is 1. The van der Waals surface area contributed by atoms with E-state index < -0.39 is 0 Å². The third-order valence-corrected chi connectivity index (χ3v) is 7.26. The topological polar surface area (TPSA) is 53.1 Å². The van der Waals surface area contributed by atoms with E-state index in [0.29, 0.717) is 19.5 Å². The Kier molecular flexibility index (Phi) is 7.49. The summed E-state index contributed by atoms with van der Waals surface area (Å²) >= 11 is 0. The first-order valence-corrected chi connectivity index (χ1v) is 12.1. The highest BCUT2D eigenvalue weighted by molar-refractivity contribution is 5.80. The Morgan fingerprint density at radius 3 is 2.39 bits per heavy atom. The van der Waals surface area contributed by atoms with Crippen molar-refractivity contribution in [1.29, 1.82) is 0 Å². The van der Waals surface area contributed by atoms with Crippen LogP contribution >= 0.6 is 0 Å². The Balaban J connectivity index is 1.46. The Morgan fingerprint density at radius 1 is 0.935 bits per heavy atom. The number of methoxy groups -OCH3 is 1. The molecule has 0 radical (unpaired) electrons. The van der Waals surface area contributed by atoms with E-state index in [-0.39, 0.29) is 23.9 Å². The fourth-order valence-corrected chi connectivity index (χ4v) is 5.53. The number of carbonyl (C=O) groups is 2. The molecule has 6 heteroatoms. The summed E-state index contributed by atoms with van der Waals surface area (Å²) in [4.78, 5) is 32.8. The number of hydrogen-bond acceptors (Lipinski definition) is 4. The van der Waals surface area contributed by atoms with Crippen molar-refractivity contribution in [2.45, 2.75) is 76.4 Å². The zero-order valence-corrected chi connectivity index (χ0v) is 18.9. The van der Waals surface area contributed by atoms with Crippen molar-refractivity contribution in [2.75, 3.05) is 33.3 Å². The van der Waals surface area contributed by atoms with E-state index >= 15 is 0 Å². The molecule has 2 atom stereocenters. The van der Waals surface area contributed by atoms with Crippen LogP contribution in [0.5, 0.6) is 5.75 Å². The summed E-state index contributed by atoms with van der Waals surface area (Å²) in [6.07, 6.45) is 9.39. The fraction of sp³-hybridized carbons (Fsp3) is 0.680. The van der Waals surface area contributed by atoms with Crippen LogP contribution in [-0.2, 0) is 16.1 Å². The molecule has 3 aliphatic rings. The fourth-order valence-electron chi connectivity index (χ4n) is 5.53. The molecule has 0 spiro atoms. The lowest BCUT2D eigenvalue weighted by Gasteiger charge is -2.38. The Hall–Kier alpha value is -2.08. The van der Waals surface area contributed by atoms with E-state index in [0.717, 1.165) is 56.6 Å². The lowest BCUT2D eigenvalue weighted by molar-refractivity contribution is -0.139. The summed E-state index contributed by atoms with van der Waals surface area (Å²) in [5.41, 5.74) is 1.11. The molecule has 1 aromatic rings. The van der Waals surface area contributed by atoms with Crippen LogP contribution < -0.4 is 4.74 Å². The summed E-state index contributed by atoms with van der Waals surface area (Å²) in [6, 6.07) is 8.26. The van der Waals surface area contributed by atoms with E-state index in [2.05, 4.69) is 14.7 Å². The maximum absolute atomic E-state index is 13.3. The smallest absolute Gasteiger partial charge is 0.237 e. The van der Waals surface area contributed by atoms with Gasteiger partial charge in [0.2, 0.25) is 11.8 Å². The molecular weight excluding hydrogens is 390 g/mol. The summed E-state index contributed by atoms with van der Waals surface area (Å²) < 4.78 is 5.27. The van der Waals surface area contributed by atoms with Crippen LogP contribution in [0, 0.1) is 0 Å². The van der Waals surface area contributed by atoms with Crippen LogP contribution in [0.1, 0.15) is 63.4 Å². The predicted octanol–water partition coefficient (Wildman–Crippen LogP) is 3.44. The molecule has 0 saturated carbocycles. The van der Waals surface area contributed by atoms with Crippen LogP contribution in [0.15, 0.2) is 24.3 Å². The zero-order chi connectivity index (χ0) is 21.6. The molecule has 3 saturated heterocycles. The highest BCUT2D eigenvalue weighted by Gasteiger charge is 2.42. The lowest BCUT2D eigenvalue weighted by atomic mass is 9.96. The monoisotopic (exact) mass is 427 g/mol. The molecule has 3 heterocycles. The van der Waals surface area contributed by atoms with Gasteiger partial charge in [0, 0.05) is 19.5 Å². The number of amides is 2. The second kappa shape index (κ2) is 10.5. The Morgan fingerprint density at radius 2 is 1.68 bits per heavy atom. The number of benzene rings is 1. The Bertz CT molecular complexity index is 743. The van der Waals surface area contributed by atoms with Gasteiger partial charge in [0.1, 0.15) is 5.75 Å². The van der Waals surface area contributed by atoms with Crippen molar-refractivity contribution in [2.24, 2.45) is 0 Å². The van der Waals surface area contributed by atoms with Crippen LogP contribution in [0.4, 0.5) is 0 Å². The van der Waals surface area contributed by atoms with Gasteiger partial charge in [-0.2, -0.15) is 0 Å². The molecule has 3 aliphatic heterocycles. The van der Waals surface area contributed by atoms with Crippen molar-refractivity contribution in [3.05, 3.63) is 29.8 Å². The van der Waals surface area contributed by atoms with E-state index in [9.17, 15) is 9.59 Å². The molecule has 0 unspecified atom stereocenters. The molecule has 4 rings (SSSR count). The van der Waals surface area contributed by atoms with Crippen molar-refractivity contribution < 1.29 is 14.3 Å². The Labute approximate surface area is 186 Å². The van der Waals surface area contributed by atoms with Crippen LogP contribution in [-0.4, -0.2) is 71.9 Å². The SMILES string of the molecule is COc1ccc(CN2C(=O)CCCC[C@@H]3[C@@H]2CCN3C(=O)CN2CCCCCC2)cc1. The van der Waals surface area contributed by atoms with Gasteiger partial charge in [0.05, 0.1) is 25.7 Å². The zero-order valence-electron chi connectivity index (χ0n) is 18.9. The average Bonchev–Trinajstić information content (AvgIpc) is 3.01. The van der Waals surface area contributed by atoms with Crippen molar-refractivity contribution in [3.8, 4) is 5.75 Å². The molecule has 31 heavy (non-hydrogen) atoms. The van der Waals surface area contributed by atoms with Crippen LogP contribution in [0.2, 0.25) is 0 Å². The maximum Gasteiger partial charge on any atom is 0.237 e. The summed E-state index contributed by atoms with van der Waals surface area (Å²) in [5.74, 6) is 1.31. The standard InChI is InChI=1S/C25H37N3O3/c1-31-21-12-10-20(11-13-21)18-28-23-14-17-27(22(23)8-4-5-9-24(28)29)25(30)19-26-15-6-2-3-7-16-26/h10-13,22-23H,2-9,14-19H2,1H3/t22-,23+/m1/s1. The molecular formula is C25H37N3O3. The highest BCUT2D eigenvalue weighted by Crippen LogP contribution is 2.31. The minimum Gasteiger partial charge on any atom is -0.497 e. The number of rotatable bonds is 5. The normalized spacial score (nSPS) is 25.5. The maximum atomic E-state index is 13.3. The molecule has 170 valence electrons. The summed E-state index contributed by atoms with van der Waals surface area (Å²) in [6.45, 7) is 3.99. The van der Waals surface area contributed by atoms with Crippen LogP contribution in [0.3, 0.4) is 0 Å². The second-order valence-electron chi connectivity index (χ2n) is 9.32. The molecule has 0 aliphatic carbocycles. The lowest BCUT2D eigenvalue weighted by Crippen LogP contribution is -2.51. The molecule has 1 aromatic carbocycles. The van der Waals surface area contributed by atoms with Gasteiger partial charge in [-0.1, -0.05) is 31.4 Å². The predicted molar refractivity (Wildman–Crippen MR) is 121 cm³/mol. The van der Waals surface area contributed by atoms with E-state index in [4.69, 9.17) is 4.74 Å². The summed E-state index contributed by atoms with van der Waals surface area (Å²) in [5, 5.41) is 0. The van der Waals surface area contributed by atoms with Crippen LogP contribution in [0.25, 0.3) is 0 Å². The second-order valence-corrected chi connectivity index (χ2v) is 9.32. The van der Waals surface area contributed by atoms with Gasteiger partial charge in [-0.15, -0.1) is 0 Å². The molecule has 0 bridgehead atoms. The third kappa shape index (κ3) is 5.40. The highest BCUT2D eigenvalue weighted by atomic mass is 16.5. The van der Waals surface area contributed by atoms with Crippen molar-refractivity contribution in [1.82, 2.24) is 14.7 Å². The largest absolute Gasteiger partial charge is 0.497 e. The number of likely N-dealkylation sites (tertiary alicyclic amines) is 3. The van der Waals surface area contributed by atoms with Gasteiger partial charge in [-0.05, 0) is 62.9 Å². The number of ether oxygens (including phenoxy) is 1. The molecule has 0 aromatic heterocycles. The van der Waals surface area contributed by atoms with Gasteiger partial charge in [0.15, 0.2) is 0 Å². The van der Waals surface area contributed by atoms with E-state index in [1.54, 1.807) is 7.11 Å². The minimum atomic E-state index is 0.128. The number of carbonyl (C=O) groups excluding carboxylic acids is 2. The first-order chi connectivity index (χ1) is 15.2. The van der Waals surface area contributed by atoms with Gasteiger partial charge < -0.3 is 14.5 Å². The van der Waals surface area contributed by atoms with Gasteiger partial charge in [-0.3, -0.25) is 14.5 Å². The van der Waals surface area contributed by atoms with E-state index in [1.165, 1.54) is 25.7 Å². The van der Waals surface area contributed by atoms with Gasteiger partial charge in [0.25, 0.3) is 0 Å². The quantitative estimate of drug-likeness (QED) is 0.722. The third-order valence-electron chi connectivity index (χ3n) is 7.26. The first kappa shape index (κ1) is 22.1. The first-order valence-electron chi connectivity index (χ1n) is 12.1. The number of nitrogens with zero attached hydrogens (tertiary/aromatic N) is 3. The van der Waals surface area contributed by atoms with Gasteiger partial charge >= 0.3 is 0 Å². The van der Waals surface area contributed by atoms with Gasteiger partial charge in [-0.25, -0.2) is 0 Å². The number of hydrogen-bond donors (Lipinski definition) is 0. The molecule has 2 amide bonds. The molecule has 3 fully saturated rings. The average molecular weight is 428 g/mol. The minimum absolute atomic E-state index is 0.128. The molecule has 0 N–H and O–H groups in total. The van der Waals surface area contributed by atoms with E-state index in [1.807, 2.05) is 24.3 Å². The van der Waals surface area contributed by atoms with Crippen molar-refractivity contribution >= 4 is 11.8 Å². The summed E-state index contributed by atoms with van der Waals surface area (Å²) in [7, 11) is 1.66. The molecule has 6 nitrogen and oxygen atoms in total.